The Labute approximate surface area is 186 Å². The molecule has 1 atom stereocenters. The Hall–Kier alpha value is -2.35. The summed E-state index contributed by atoms with van der Waals surface area (Å²) in [6.45, 7) is 6.75. The molecule has 6 nitrogen and oxygen atoms in total. The lowest BCUT2D eigenvalue weighted by atomic mass is 10.2. The second-order valence-corrected chi connectivity index (χ2v) is 9.37. The first-order chi connectivity index (χ1) is 14.9. The molecule has 0 radical (unpaired) electrons. The lowest BCUT2D eigenvalue weighted by Gasteiger charge is -2.28. The monoisotopic (exact) mass is 447 g/mol. The zero-order valence-electron chi connectivity index (χ0n) is 18.6. The number of hydrogen-bond acceptors (Lipinski definition) is 5. The first kappa shape index (κ1) is 24.9. The number of hydrogen-bond donors (Lipinski definition) is 0. The third-order valence-electron chi connectivity index (χ3n) is 5.02. The van der Waals surface area contributed by atoms with E-state index in [-0.39, 0.29) is 19.7 Å². The van der Waals surface area contributed by atoms with Gasteiger partial charge in [0.05, 0.1) is 26.1 Å². The fourth-order valence-electron chi connectivity index (χ4n) is 3.19. The van der Waals surface area contributed by atoms with Crippen molar-refractivity contribution in [2.24, 2.45) is 0 Å². The molecule has 0 spiro atoms. The molecule has 0 fully saturated rings. The summed E-state index contributed by atoms with van der Waals surface area (Å²) in [5, 5.41) is -0.637. The summed E-state index contributed by atoms with van der Waals surface area (Å²) in [5.41, 5.74) is 1.77. The molecule has 0 aliphatic carbocycles. The molecular weight excluding hydrogens is 414 g/mol. The lowest BCUT2D eigenvalue weighted by Crippen LogP contribution is -2.40. The van der Waals surface area contributed by atoms with Gasteiger partial charge in [-0.15, -0.1) is 6.58 Å². The normalized spacial score (nSPS) is 12.5. The fourth-order valence-corrected chi connectivity index (χ4v) is 4.97. The van der Waals surface area contributed by atoms with Crippen LogP contribution in [0.5, 0.6) is 11.5 Å². The molecule has 7 heteroatoms. The fraction of sp³-hybridized carbons (Fsp3) is 0.417. The number of methoxy groups -OCH3 is 2. The molecule has 2 rings (SSSR count). The Balaban J connectivity index is 2.34. The van der Waals surface area contributed by atoms with Gasteiger partial charge in [-0.3, -0.25) is 0 Å². The molecule has 0 aromatic heterocycles. The number of allylic oxidation sites excluding steroid dienone is 1. The summed E-state index contributed by atoms with van der Waals surface area (Å²) in [7, 11) is -0.428. The lowest BCUT2D eigenvalue weighted by molar-refractivity contribution is 0.143. The predicted molar refractivity (Wildman–Crippen MR) is 124 cm³/mol. The molecule has 170 valence electrons. The summed E-state index contributed by atoms with van der Waals surface area (Å²) >= 11 is 0. The van der Waals surface area contributed by atoms with Gasteiger partial charge in [-0.1, -0.05) is 30.3 Å². The highest BCUT2D eigenvalue weighted by Gasteiger charge is 2.32. The van der Waals surface area contributed by atoms with Gasteiger partial charge in [-0.25, -0.2) is 8.42 Å². The van der Waals surface area contributed by atoms with E-state index in [1.54, 1.807) is 20.3 Å². The molecule has 31 heavy (non-hydrogen) atoms. The standard InChI is InChI=1S/C24H33NO5S/c1-5-7-8-24(19-30-6-2)31(26,27)25(17-20-9-13-22(28-3)14-10-20)18-21-11-15-23(29-4)16-12-21/h5,9-16,24H,1,6-8,17-19H2,2-4H3/t24-/m1/s1. The third-order valence-corrected chi connectivity index (χ3v) is 7.21. The van der Waals surface area contributed by atoms with Crippen molar-refractivity contribution in [2.75, 3.05) is 27.4 Å². The van der Waals surface area contributed by atoms with Gasteiger partial charge >= 0.3 is 0 Å². The summed E-state index contributed by atoms with van der Waals surface area (Å²) < 4.78 is 44.8. The van der Waals surface area contributed by atoms with E-state index in [2.05, 4.69) is 6.58 Å². The molecule has 0 aliphatic heterocycles. The number of ether oxygens (including phenoxy) is 3. The minimum absolute atomic E-state index is 0.161. The summed E-state index contributed by atoms with van der Waals surface area (Å²) in [6, 6.07) is 14.9. The van der Waals surface area contributed by atoms with E-state index >= 15 is 0 Å². The number of rotatable bonds is 14. The van der Waals surface area contributed by atoms with Crippen LogP contribution in [0.25, 0.3) is 0 Å². The van der Waals surface area contributed by atoms with E-state index in [1.165, 1.54) is 4.31 Å². The van der Waals surface area contributed by atoms with Crippen LogP contribution in [0.15, 0.2) is 61.2 Å². The van der Waals surface area contributed by atoms with Gasteiger partial charge in [-0.2, -0.15) is 4.31 Å². The highest BCUT2D eigenvalue weighted by molar-refractivity contribution is 7.89. The Morgan fingerprint density at radius 2 is 1.42 bits per heavy atom. The van der Waals surface area contributed by atoms with E-state index in [0.717, 1.165) is 22.6 Å². The highest BCUT2D eigenvalue weighted by Crippen LogP contribution is 2.23. The Kier molecular flexibility index (Phi) is 10.0. The molecule has 0 N–H and O–H groups in total. The maximum Gasteiger partial charge on any atom is 0.219 e. The number of nitrogens with zero attached hydrogens (tertiary/aromatic N) is 1. The quantitative estimate of drug-likeness (QED) is 0.402. The van der Waals surface area contributed by atoms with Crippen molar-refractivity contribution >= 4 is 10.0 Å². The second kappa shape index (κ2) is 12.5. The minimum atomic E-state index is -3.64. The molecular formula is C24H33NO5S. The molecule has 2 aromatic carbocycles. The van der Waals surface area contributed by atoms with Crippen LogP contribution in [0.4, 0.5) is 0 Å². The zero-order valence-corrected chi connectivity index (χ0v) is 19.4. The molecule has 0 heterocycles. The van der Waals surface area contributed by atoms with Gasteiger partial charge < -0.3 is 14.2 Å². The second-order valence-electron chi connectivity index (χ2n) is 7.16. The van der Waals surface area contributed by atoms with Gasteiger partial charge in [0, 0.05) is 19.7 Å². The Bertz CT molecular complexity index is 845. The molecule has 0 amide bonds. The maximum atomic E-state index is 13.7. The molecule has 0 saturated heterocycles. The SMILES string of the molecule is C=CCC[C@H](COCC)S(=O)(=O)N(Cc1ccc(OC)cc1)Cc1ccc(OC)cc1. The summed E-state index contributed by atoms with van der Waals surface area (Å²) in [4.78, 5) is 0. The van der Waals surface area contributed by atoms with Gasteiger partial charge in [0.25, 0.3) is 0 Å². The van der Waals surface area contributed by atoms with Crippen LogP contribution in [0.3, 0.4) is 0 Å². The highest BCUT2D eigenvalue weighted by atomic mass is 32.2. The molecule has 0 saturated carbocycles. The van der Waals surface area contributed by atoms with Crippen molar-refractivity contribution in [1.82, 2.24) is 4.31 Å². The predicted octanol–water partition coefficient (Wildman–Crippen LogP) is 4.41. The van der Waals surface area contributed by atoms with Crippen LogP contribution in [-0.2, 0) is 27.8 Å². The van der Waals surface area contributed by atoms with Crippen LogP contribution in [-0.4, -0.2) is 45.4 Å². The average molecular weight is 448 g/mol. The van der Waals surface area contributed by atoms with Gasteiger partial charge in [0.2, 0.25) is 10.0 Å². The molecule has 2 aromatic rings. The van der Waals surface area contributed by atoms with Crippen LogP contribution >= 0.6 is 0 Å². The van der Waals surface area contributed by atoms with E-state index in [0.29, 0.717) is 19.4 Å². The van der Waals surface area contributed by atoms with Gasteiger partial charge in [0.15, 0.2) is 0 Å². The summed E-state index contributed by atoms with van der Waals surface area (Å²) in [6.07, 6.45) is 2.81. The minimum Gasteiger partial charge on any atom is -0.497 e. The van der Waals surface area contributed by atoms with Crippen LogP contribution in [0.2, 0.25) is 0 Å². The van der Waals surface area contributed by atoms with E-state index < -0.39 is 15.3 Å². The first-order valence-electron chi connectivity index (χ1n) is 10.4. The average Bonchev–Trinajstić information content (AvgIpc) is 2.79. The zero-order chi connectivity index (χ0) is 22.7. The van der Waals surface area contributed by atoms with Crippen molar-refractivity contribution in [3.05, 3.63) is 72.3 Å². The van der Waals surface area contributed by atoms with Crippen molar-refractivity contribution in [1.29, 1.82) is 0 Å². The maximum absolute atomic E-state index is 13.7. The van der Waals surface area contributed by atoms with Crippen molar-refractivity contribution in [3.63, 3.8) is 0 Å². The van der Waals surface area contributed by atoms with Crippen molar-refractivity contribution in [3.8, 4) is 11.5 Å². The van der Waals surface area contributed by atoms with Crippen molar-refractivity contribution in [2.45, 2.75) is 38.1 Å². The number of benzene rings is 2. The largest absolute Gasteiger partial charge is 0.497 e. The van der Waals surface area contributed by atoms with Crippen molar-refractivity contribution < 1.29 is 22.6 Å². The Morgan fingerprint density at radius 1 is 0.935 bits per heavy atom. The molecule has 0 aliphatic rings. The van der Waals surface area contributed by atoms with Crippen LogP contribution in [0, 0.1) is 0 Å². The molecule has 0 unspecified atom stereocenters. The van der Waals surface area contributed by atoms with Crippen LogP contribution in [0.1, 0.15) is 30.9 Å². The smallest absolute Gasteiger partial charge is 0.219 e. The van der Waals surface area contributed by atoms with Gasteiger partial charge in [-0.05, 0) is 55.2 Å². The van der Waals surface area contributed by atoms with E-state index in [4.69, 9.17) is 14.2 Å². The van der Waals surface area contributed by atoms with E-state index in [1.807, 2.05) is 55.5 Å². The Morgan fingerprint density at radius 3 is 1.81 bits per heavy atom. The van der Waals surface area contributed by atoms with Crippen LogP contribution < -0.4 is 9.47 Å². The third kappa shape index (κ3) is 7.38. The van der Waals surface area contributed by atoms with E-state index in [9.17, 15) is 8.42 Å². The number of sulfonamides is 1. The molecule has 0 bridgehead atoms. The summed E-state index contributed by atoms with van der Waals surface area (Å²) in [5.74, 6) is 1.46. The topological polar surface area (TPSA) is 65.1 Å². The van der Waals surface area contributed by atoms with Gasteiger partial charge in [0.1, 0.15) is 11.5 Å². The first-order valence-corrected chi connectivity index (χ1v) is 11.9.